The van der Waals surface area contributed by atoms with Gasteiger partial charge in [-0.1, -0.05) is 0 Å². The van der Waals surface area contributed by atoms with E-state index in [0.717, 1.165) is 12.8 Å². The molecule has 0 radical (unpaired) electrons. The molecule has 0 bridgehead atoms. The average Bonchev–Trinajstić information content (AvgIpc) is 3.33. The van der Waals surface area contributed by atoms with Crippen LogP contribution in [0.25, 0.3) is 0 Å². The van der Waals surface area contributed by atoms with E-state index in [1.165, 1.54) is 0 Å². The number of carbonyl (C=O) groups is 2. The van der Waals surface area contributed by atoms with Crippen LogP contribution >= 0.6 is 0 Å². The third-order valence-electron chi connectivity index (χ3n) is 4.16. The highest BCUT2D eigenvalue weighted by Gasteiger charge is 2.41. The highest BCUT2D eigenvalue weighted by molar-refractivity contribution is 5.89. The minimum Gasteiger partial charge on any atom is -0.367 e. The molecule has 2 aliphatic rings. The summed E-state index contributed by atoms with van der Waals surface area (Å²) in [7, 11) is 0. The molecule has 1 saturated carbocycles. The summed E-state index contributed by atoms with van der Waals surface area (Å²) in [5, 5.41) is 14.8. The van der Waals surface area contributed by atoms with Gasteiger partial charge in [0.2, 0.25) is 11.8 Å². The maximum absolute atomic E-state index is 12.1. The molecule has 1 aliphatic heterocycles. The molecule has 0 spiro atoms. The Morgan fingerprint density at radius 3 is 3.00 bits per heavy atom. The van der Waals surface area contributed by atoms with Gasteiger partial charge < -0.3 is 15.5 Å². The molecule has 1 unspecified atom stereocenters. The standard InChI is InChI=1S/C16H19N5O2/c17-9-11-2-1-5-18-15(11)19-6-7-20-16(23)12-8-14(22)21(10-12)13-3-4-13/h1-2,5,12-13H,3-4,6-8,10H2,(H,18,19)(H,20,23). The molecule has 1 aromatic rings. The van der Waals surface area contributed by atoms with Gasteiger partial charge >= 0.3 is 0 Å². The number of amides is 2. The summed E-state index contributed by atoms with van der Waals surface area (Å²) in [5.41, 5.74) is 0.472. The summed E-state index contributed by atoms with van der Waals surface area (Å²) < 4.78 is 0. The first kappa shape index (κ1) is 15.3. The molecular formula is C16H19N5O2. The Morgan fingerprint density at radius 1 is 1.43 bits per heavy atom. The summed E-state index contributed by atoms with van der Waals surface area (Å²) in [6.45, 7) is 1.44. The number of rotatable bonds is 6. The lowest BCUT2D eigenvalue weighted by atomic mass is 10.1. The van der Waals surface area contributed by atoms with Crippen LogP contribution in [0.4, 0.5) is 5.82 Å². The van der Waals surface area contributed by atoms with E-state index < -0.39 is 0 Å². The number of likely N-dealkylation sites (tertiary alicyclic amines) is 1. The van der Waals surface area contributed by atoms with Crippen LogP contribution in [0.15, 0.2) is 18.3 Å². The number of nitriles is 1. The van der Waals surface area contributed by atoms with Crippen molar-refractivity contribution in [2.45, 2.75) is 25.3 Å². The van der Waals surface area contributed by atoms with E-state index in [0.29, 0.717) is 43.5 Å². The normalized spacial score (nSPS) is 20.2. The van der Waals surface area contributed by atoms with Crippen molar-refractivity contribution in [3.63, 3.8) is 0 Å². The zero-order chi connectivity index (χ0) is 16.2. The van der Waals surface area contributed by atoms with Gasteiger partial charge in [0.05, 0.1) is 11.5 Å². The molecule has 23 heavy (non-hydrogen) atoms. The van der Waals surface area contributed by atoms with E-state index in [1.807, 2.05) is 4.90 Å². The Hall–Kier alpha value is -2.62. The highest BCUT2D eigenvalue weighted by atomic mass is 16.2. The lowest BCUT2D eigenvalue weighted by Crippen LogP contribution is -2.36. The molecule has 2 N–H and O–H groups in total. The molecule has 2 heterocycles. The minimum atomic E-state index is -0.243. The summed E-state index contributed by atoms with van der Waals surface area (Å²) in [5.74, 6) is 0.288. The predicted octanol–water partition coefficient (Wildman–Crippen LogP) is 0.492. The van der Waals surface area contributed by atoms with Crippen LogP contribution in [0, 0.1) is 17.2 Å². The van der Waals surface area contributed by atoms with E-state index >= 15 is 0 Å². The van der Waals surface area contributed by atoms with E-state index in [9.17, 15) is 9.59 Å². The maximum Gasteiger partial charge on any atom is 0.225 e. The Bertz CT molecular complexity index is 650. The van der Waals surface area contributed by atoms with Crippen LogP contribution in [0.5, 0.6) is 0 Å². The maximum atomic E-state index is 12.1. The molecule has 7 nitrogen and oxygen atoms in total. The second kappa shape index (κ2) is 6.65. The van der Waals surface area contributed by atoms with E-state index in [-0.39, 0.29) is 17.7 Å². The number of anilines is 1. The Balaban J connectivity index is 1.41. The topological polar surface area (TPSA) is 98.1 Å². The molecule has 2 amide bonds. The van der Waals surface area contributed by atoms with E-state index in [2.05, 4.69) is 21.7 Å². The molecule has 7 heteroatoms. The molecule has 2 fully saturated rings. The number of hydrogen-bond donors (Lipinski definition) is 2. The lowest BCUT2D eigenvalue weighted by molar-refractivity contribution is -0.129. The van der Waals surface area contributed by atoms with Gasteiger partial charge in [-0.15, -0.1) is 0 Å². The fraction of sp³-hybridized carbons (Fsp3) is 0.500. The van der Waals surface area contributed by atoms with Crippen molar-refractivity contribution in [1.82, 2.24) is 15.2 Å². The van der Waals surface area contributed by atoms with Crippen molar-refractivity contribution in [3.8, 4) is 6.07 Å². The van der Waals surface area contributed by atoms with Gasteiger partial charge in [0.25, 0.3) is 0 Å². The molecular weight excluding hydrogens is 294 g/mol. The van der Waals surface area contributed by atoms with Crippen LogP contribution in [-0.4, -0.2) is 47.4 Å². The van der Waals surface area contributed by atoms with E-state index in [1.54, 1.807) is 18.3 Å². The third kappa shape index (κ3) is 3.59. The molecule has 1 atom stereocenters. The minimum absolute atomic E-state index is 0.0789. The van der Waals surface area contributed by atoms with Crippen LogP contribution in [0.2, 0.25) is 0 Å². The SMILES string of the molecule is N#Cc1cccnc1NCCNC(=O)C1CC(=O)N(C2CC2)C1. The van der Waals surface area contributed by atoms with Crippen molar-refractivity contribution in [3.05, 3.63) is 23.9 Å². The Labute approximate surface area is 134 Å². The zero-order valence-electron chi connectivity index (χ0n) is 12.8. The number of nitrogens with zero attached hydrogens (tertiary/aromatic N) is 3. The average molecular weight is 313 g/mol. The summed E-state index contributed by atoms with van der Waals surface area (Å²) in [6.07, 6.45) is 4.05. The third-order valence-corrected chi connectivity index (χ3v) is 4.16. The Morgan fingerprint density at radius 2 is 2.26 bits per heavy atom. The number of carbonyl (C=O) groups excluding carboxylic acids is 2. The monoisotopic (exact) mass is 313 g/mol. The van der Waals surface area contributed by atoms with Gasteiger partial charge in [-0.2, -0.15) is 5.26 Å². The molecule has 1 aliphatic carbocycles. The quantitative estimate of drug-likeness (QED) is 0.745. The van der Waals surface area contributed by atoms with E-state index in [4.69, 9.17) is 5.26 Å². The number of nitrogens with one attached hydrogen (secondary N) is 2. The van der Waals surface area contributed by atoms with Gasteiger partial charge in [0.15, 0.2) is 0 Å². The second-order valence-electron chi connectivity index (χ2n) is 5.91. The van der Waals surface area contributed by atoms with Gasteiger partial charge in [-0.05, 0) is 25.0 Å². The summed E-state index contributed by atoms with van der Waals surface area (Å²) in [6, 6.07) is 5.82. The van der Waals surface area contributed by atoms with Crippen LogP contribution < -0.4 is 10.6 Å². The van der Waals surface area contributed by atoms with Gasteiger partial charge in [-0.25, -0.2) is 4.98 Å². The zero-order valence-corrected chi connectivity index (χ0v) is 12.8. The van der Waals surface area contributed by atoms with Crippen molar-refractivity contribution >= 4 is 17.6 Å². The molecule has 0 aromatic carbocycles. The lowest BCUT2D eigenvalue weighted by Gasteiger charge is -2.15. The molecule has 3 rings (SSSR count). The summed E-state index contributed by atoms with van der Waals surface area (Å²) >= 11 is 0. The number of aromatic nitrogens is 1. The molecule has 120 valence electrons. The smallest absolute Gasteiger partial charge is 0.225 e. The first-order chi connectivity index (χ1) is 11.2. The molecule has 1 saturated heterocycles. The second-order valence-corrected chi connectivity index (χ2v) is 5.91. The summed E-state index contributed by atoms with van der Waals surface area (Å²) in [4.78, 5) is 29.9. The fourth-order valence-corrected chi connectivity index (χ4v) is 2.79. The predicted molar refractivity (Wildman–Crippen MR) is 83.3 cm³/mol. The van der Waals surface area contributed by atoms with Crippen LogP contribution in [0.3, 0.4) is 0 Å². The van der Waals surface area contributed by atoms with Crippen molar-refractivity contribution in [1.29, 1.82) is 5.26 Å². The Kier molecular flexibility index (Phi) is 4.42. The molecule has 1 aromatic heterocycles. The van der Waals surface area contributed by atoms with Crippen molar-refractivity contribution in [2.24, 2.45) is 5.92 Å². The van der Waals surface area contributed by atoms with Crippen LogP contribution in [0.1, 0.15) is 24.8 Å². The number of hydrogen-bond acceptors (Lipinski definition) is 5. The highest BCUT2D eigenvalue weighted by Crippen LogP contribution is 2.32. The van der Waals surface area contributed by atoms with Crippen LogP contribution in [-0.2, 0) is 9.59 Å². The van der Waals surface area contributed by atoms with Crippen molar-refractivity contribution in [2.75, 3.05) is 25.0 Å². The first-order valence-electron chi connectivity index (χ1n) is 7.85. The number of pyridine rings is 1. The first-order valence-corrected chi connectivity index (χ1v) is 7.85. The van der Waals surface area contributed by atoms with Gasteiger partial charge in [0.1, 0.15) is 11.9 Å². The van der Waals surface area contributed by atoms with Crippen molar-refractivity contribution < 1.29 is 9.59 Å². The van der Waals surface area contributed by atoms with Gasteiger partial charge in [0, 0.05) is 38.3 Å². The largest absolute Gasteiger partial charge is 0.367 e. The van der Waals surface area contributed by atoms with Gasteiger partial charge in [-0.3, -0.25) is 9.59 Å². The fourth-order valence-electron chi connectivity index (χ4n) is 2.79.